The molecule has 0 aliphatic rings. The van der Waals surface area contributed by atoms with Gasteiger partial charge in [0.1, 0.15) is 0 Å². The van der Waals surface area contributed by atoms with E-state index < -0.39 is 0 Å². The minimum atomic E-state index is 0.0489. The average Bonchev–Trinajstić information content (AvgIpc) is 2.17. The van der Waals surface area contributed by atoms with E-state index in [-0.39, 0.29) is 11.7 Å². The van der Waals surface area contributed by atoms with Crippen molar-refractivity contribution in [2.24, 2.45) is 5.92 Å². The Labute approximate surface area is 84.9 Å². The second-order valence-electron chi connectivity index (χ2n) is 3.65. The molecule has 0 saturated carbocycles. The Bertz CT molecular complexity index is 316. The number of benzene rings is 1. The average molecular weight is 192 g/mol. The summed E-state index contributed by atoms with van der Waals surface area (Å²) in [7, 11) is 1.65. The van der Waals surface area contributed by atoms with Crippen LogP contribution in [0.25, 0.3) is 0 Å². The summed E-state index contributed by atoms with van der Waals surface area (Å²) in [5.41, 5.74) is 1.81. The molecule has 1 aromatic carbocycles. The van der Waals surface area contributed by atoms with Crippen LogP contribution in [0.4, 0.5) is 0 Å². The Morgan fingerprint density at radius 1 is 1.43 bits per heavy atom. The van der Waals surface area contributed by atoms with Crippen molar-refractivity contribution >= 4 is 5.78 Å². The topological polar surface area (TPSA) is 26.3 Å². The van der Waals surface area contributed by atoms with Crippen LogP contribution in [0.2, 0.25) is 0 Å². The van der Waals surface area contributed by atoms with Crippen molar-refractivity contribution in [3.63, 3.8) is 0 Å². The van der Waals surface area contributed by atoms with E-state index >= 15 is 0 Å². The highest BCUT2D eigenvalue weighted by Gasteiger charge is 2.10. The van der Waals surface area contributed by atoms with Gasteiger partial charge in [-0.1, -0.05) is 32.0 Å². The van der Waals surface area contributed by atoms with Crippen LogP contribution >= 0.6 is 0 Å². The Hall–Kier alpha value is -1.15. The number of Topliss-reactive ketones (excluding diaryl/α,β-unsaturated/α-hetero) is 1. The summed E-state index contributed by atoms with van der Waals surface area (Å²) in [6.07, 6.45) is 0. The molecule has 2 heteroatoms. The molecule has 0 amide bonds. The van der Waals surface area contributed by atoms with Crippen molar-refractivity contribution in [3.8, 4) is 0 Å². The van der Waals surface area contributed by atoms with E-state index in [1.165, 1.54) is 0 Å². The zero-order valence-electron chi connectivity index (χ0n) is 8.91. The Morgan fingerprint density at radius 3 is 2.71 bits per heavy atom. The second-order valence-corrected chi connectivity index (χ2v) is 3.65. The lowest BCUT2D eigenvalue weighted by molar-refractivity contribution is 0.0939. The molecule has 0 bridgehead atoms. The van der Waals surface area contributed by atoms with Crippen molar-refractivity contribution in [1.29, 1.82) is 0 Å². The summed E-state index contributed by atoms with van der Waals surface area (Å²) in [6, 6.07) is 7.60. The van der Waals surface area contributed by atoms with Gasteiger partial charge in [-0.05, 0) is 11.6 Å². The third kappa shape index (κ3) is 2.67. The molecular formula is C12H16O2. The Kier molecular flexibility index (Phi) is 3.84. The summed E-state index contributed by atoms with van der Waals surface area (Å²) < 4.78 is 5.01. The minimum absolute atomic E-state index is 0.0489. The number of hydrogen-bond donors (Lipinski definition) is 0. The molecule has 0 radical (unpaired) electrons. The highest BCUT2D eigenvalue weighted by molar-refractivity contribution is 5.97. The van der Waals surface area contributed by atoms with Crippen molar-refractivity contribution in [3.05, 3.63) is 35.4 Å². The smallest absolute Gasteiger partial charge is 0.165 e. The fraction of sp³-hybridized carbons (Fsp3) is 0.417. The molecule has 0 N–H and O–H groups in total. The van der Waals surface area contributed by atoms with Crippen molar-refractivity contribution < 1.29 is 9.53 Å². The van der Waals surface area contributed by atoms with E-state index in [9.17, 15) is 4.79 Å². The van der Waals surface area contributed by atoms with Gasteiger partial charge in [0, 0.05) is 18.6 Å². The van der Waals surface area contributed by atoms with E-state index in [0.717, 1.165) is 11.1 Å². The number of ketones is 1. The van der Waals surface area contributed by atoms with Gasteiger partial charge in [-0.15, -0.1) is 0 Å². The molecule has 0 unspecified atom stereocenters. The maximum Gasteiger partial charge on any atom is 0.165 e. The second kappa shape index (κ2) is 4.91. The SMILES string of the molecule is COCc1cccc(C(=O)C(C)C)c1. The quantitative estimate of drug-likeness (QED) is 0.685. The van der Waals surface area contributed by atoms with Crippen LogP contribution in [0.5, 0.6) is 0 Å². The fourth-order valence-corrected chi connectivity index (χ4v) is 1.31. The minimum Gasteiger partial charge on any atom is -0.380 e. The van der Waals surface area contributed by atoms with Gasteiger partial charge in [0.05, 0.1) is 6.61 Å². The van der Waals surface area contributed by atoms with E-state index in [1.54, 1.807) is 7.11 Å². The summed E-state index contributed by atoms with van der Waals surface area (Å²) in [4.78, 5) is 11.7. The Morgan fingerprint density at radius 2 is 2.14 bits per heavy atom. The maximum absolute atomic E-state index is 11.7. The normalized spacial score (nSPS) is 10.6. The lowest BCUT2D eigenvalue weighted by atomic mass is 10.00. The summed E-state index contributed by atoms with van der Waals surface area (Å²) in [5, 5.41) is 0. The molecule has 14 heavy (non-hydrogen) atoms. The predicted octanol–water partition coefficient (Wildman–Crippen LogP) is 2.67. The number of rotatable bonds is 4. The third-order valence-corrected chi connectivity index (χ3v) is 2.05. The van der Waals surface area contributed by atoms with Crippen LogP contribution in [-0.4, -0.2) is 12.9 Å². The zero-order chi connectivity index (χ0) is 10.6. The molecule has 0 aromatic heterocycles. The number of ether oxygens (including phenoxy) is 1. The first kappa shape index (κ1) is 10.9. The molecule has 0 fully saturated rings. The summed E-state index contributed by atoms with van der Waals surface area (Å²) in [6.45, 7) is 4.37. The van der Waals surface area contributed by atoms with Gasteiger partial charge in [-0.3, -0.25) is 4.79 Å². The van der Waals surface area contributed by atoms with Crippen LogP contribution in [-0.2, 0) is 11.3 Å². The first-order valence-electron chi connectivity index (χ1n) is 4.77. The first-order chi connectivity index (χ1) is 6.65. The van der Waals surface area contributed by atoms with Gasteiger partial charge < -0.3 is 4.74 Å². The van der Waals surface area contributed by atoms with Gasteiger partial charge in [0.15, 0.2) is 5.78 Å². The molecule has 0 atom stereocenters. The molecule has 0 aliphatic heterocycles. The lowest BCUT2D eigenvalue weighted by Crippen LogP contribution is -2.07. The molecule has 0 heterocycles. The summed E-state index contributed by atoms with van der Waals surface area (Å²) >= 11 is 0. The van der Waals surface area contributed by atoms with E-state index in [2.05, 4.69) is 0 Å². The first-order valence-corrected chi connectivity index (χ1v) is 4.77. The highest BCUT2D eigenvalue weighted by atomic mass is 16.5. The van der Waals surface area contributed by atoms with E-state index in [0.29, 0.717) is 6.61 Å². The van der Waals surface area contributed by atoms with Gasteiger partial charge in [0.25, 0.3) is 0 Å². The highest BCUT2D eigenvalue weighted by Crippen LogP contribution is 2.11. The van der Waals surface area contributed by atoms with Crippen LogP contribution in [0.1, 0.15) is 29.8 Å². The van der Waals surface area contributed by atoms with Gasteiger partial charge >= 0.3 is 0 Å². The van der Waals surface area contributed by atoms with Gasteiger partial charge in [-0.2, -0.15) is 0 Å². The fourth-order valence-electron chi connectivity index (χ4n) is 1.31. The van der Waals surface area contributed by atoms with Crippen LogP contribution < -0.4 is 0 Å². The largest absolute Gasteiger partial charge is 0.380 e. The third-order valence-electron chi connectivity index (χ3n) is 2.05. The van der Waals surface area contributed by atoms with Gasteiger partial charge in [0.2, 0.25) is 0 Å². The van der Waals surface area contributed by atoms with E-state index in [1.807, 2.05) is 38.1 Å². The standard InChI is InChI=1S/C12H16O2/c1-9(2)12(13)11-6-4-5-10(7-11)8-14-3/h4-7,9H,8H2,1-3H3. The molecule has 76 valence electrons. The van der Waals surface area contributed by atoms with Crippen molar-refractivity contribution in [2.45, 2.75) is 20.5 Å². The monoisotopic (exact) mass is 192 g/mol. The molecule has 2 nitrogen and oxygen atoms in total. The van der Waals surface area contributed by atoms with Crippen molar-refractivity contribution in [1.82, 2.24) is 0 Å². The predicted molar refractivity (Wildman–Crippen MR) is 56.3 cm³/mol. The van der Waals surface area contributed by atoms with Crippen LogP contribution in [0.15, 0.2) is 24.3 Å². The van der Waals surface area contributed by atoms with Crippen molar-refractivity contribution in [2.75, 3.05) is 7.11 Å². The summed E-state index contributed by atoms with van der Waals surface area (Å²) in [5.74, 6) is 0.232. The molecular weight excluding hydrogens is 176 g/mol. The molecule has 1 aromatic rings. The van der Waals surface area contributed by atoms with Gasteiger partial charge in [-0.25, -0.2) is 0 Å². The lowest BCUT2D eigenvalue weighted by Gasteiger charge is -2.06. The molecule has 0 saturated heterocycles. The number of methoxy groups -OCH3 is 1. The van der Waals surface area contributed by atoms with Crippen LogP contribution in [0, 0.1) is 5.92 Å². The molecule has 0 aliphatic carbocycles. The maximum atomic E-state index is 11.7. The Balaban J connectivity index is 2.88. The molecule has 0 spiro atoms. The number of carbonyl (C=O) groups is 1. The zero-order valence-corrected chi connectivity index (χ0v) is 8.91. The number of hydrogen-bond acceptors (Lipinski definition) is 2. The molecule has 1 rings (SSSR count). The number of carbonyl (C=O) groups excluding carboxylic acids is 1. The van der Waals surface area contributed by atoms with E-state index in [4.69, 9.17) is 4.74 Å². The van der Waals surface area contributed by atoms with Crippen LogP contribution in [0.3, 0.4) is 0 Å².